The molecular weight excluding hydrogens is 252 g/mol. The Morgan fingerprint density at radius 2 is 1.95 bits per heavy atom. The van der Waals surface area contributed by atoms with Crippen molar-refractivity contribution in [2.45, 2.75) is 39.2 Å². The molecule has 4 N–H and O–H groups in total. The summed E-state index contributed by atoms with van der Waals surface area (Å²) in [4.78, 5) is 12.5. The summed E-state index contributed by atoms with van der Waals surface area (Å²) in [7, 11) is 0. The van der Waals surface area contributed by atoms with Gasteiger partial charge in [0.1, 0.15) is 0 Å². The summed E-state index contributed by atoms with van der Waals surface area (Å²) in [6.45, 7) is 2.64. The van der Waals surface area contributed by atoms with Gasteiger partial charge in [0.15, 0.2) is 0 Å². The van der Waals surface area contributed by atoms with Crippen LogP contribution in [0.25, 0.3) is 0 Å². The SMILES string of the molecule is CC1CCC(CN)(C(=O)Nc2ccc(CO)cc2)CC1. The smallest absolute Gasteiger partial charge is 0.231 e. The zero-order valence-electron chi connectivity index (χ0n) is 12.1. The van der Waals surface area contributed by atoms with E-state index in [2.05, 4.69) is 12.2 Å². The van der Waals surface area contributed by atoms with Gasteiger partial charge in [-0.15, -0.1) is 0 Å². The fraction of sp³-hybridized carbons (Fsp3) is 0.562. The Morgan fingerprint density at radius 1 is 1.35 bits per heavy atom. The number of benzene rings is 1. The van der Waals surface area contributed by atoms with Gasteiger partial charge in [-0.3, -0.25) is 4.79 Å². The second kappa shape index (κ2) is 6.37. The number of amides is 1. The van der Waals surface area contributed by atoms with Gasteiger partial charge in [0.05, 0.1) is 12.0 Å². The number of nitrogens with one attached hydrogen (secondary N) is 1. The van der Waals surface area contributed by atoms with E-state index in [4.69, 9.17) is 10.8 Å². The van der Waals surface area contributed by atoms with Gasteiger partial charge in [-0.1, -0.05) is 19.1 Å². The fourth-order valence-electron chi connectivity index (χ4n) is 2.80. The van der Waals surface area contributed by atoms with E-state index in [1.54, 1.807) is 0 Å². The van der Waals surface area contributed by atoms with Crippen LogP contribution in [0.5, 0.6) is 0 Å². The number of aliphatic hydroxyl groups is 1. The maximum Gasteiger partial charge on any atom is 0.231 e. The van der Waals surface area contributed by atoms with Crippen LogP contribution >= 0.6 is 0 Å². The third-order valence-corrected chi connectivity index (χ3v) is 4.50. The molecular formula is C16H24N2O2. The molecule has 0 aliphatic heterocycles. The van der Waals surface area contributed by atoms with Gasteiger partial charge in [-0.2, -0.15) is 0 Å². The van der Waals surface area contributed by atoms with E-state index in [0.29, 0.717) is 12.5 Å². The first-order valence-corrected chi connectivity index (χ1v) is 7.31. The number of nitrogens with two attached hydrogens (primary N) is 1. The molecule has 1 saturated carbocycles. The van der Waals surface area contributed by atoms with Crippen molar-refractivity contribution in [2.24, 2.45) is 17.1 Å². The van der Waals surface area contributed by atoms with Crippen molar-refractivity contribution in [3.63, 3.8) is 0 Å². The van der Waals surface area contributed by atoms with Crippen molar-refractivity contribution in [3.05, 3.63) is 29.8 Å². The molecule has 0 heterocycles. The van der Waals surface area contributed by atoms with E-state index in [1.807, 2.05) is 24.3 Å². The maximum atomic E-state index is 12.5. The first-order valence-electron chi connectivity index (χ1n) is 7.31. The van der Waals surface area contributed by atoms with Crippen LogP contribution in [-0.4, -0.2) is 17.6 Å². The Balaban J connectivity index is 2.05. The molecule has 0 unspecified atom stereocenters. The predicted octanol–water partition coefficient (Wildman–Crippen LogP) is 2.27. The largest absolute Gasteiger partial charge is 0.392 e. The lowest BCUT2D eigenvalue weighted by Gasteiger charge is -2.37. The average molecular weight is 276 g/mol. The van der Waals surface area contributed by atoms with E-state index in [0.717, 1.165) is 36.9 Å². The molecule has 110 valence electrons. The van der Waals surface area contributed by atoms with Gasteiger partial charge < -0.3 is 16.2 Å². The highest BCUT2D eigenvalue weighted by molar-refractivity contribution is 5.95. The molecule has 1 aromatic carbocycles. The molecule has 1 aliphatic carbocycles. The molecule has 0 saturated heterocycles. The lowest BCUT2D eigenvalue weighted by molar-refractivity contribution is -0.127. The molecule has 1 amide bonds. The summed E-state index contributed by atoms with van der Waals surface area (Å²) in [6.07, 6.45) is 3.86. The quantitative estimate of drug-likeness (QED) is 0.789. The van der Waals surface area contributed by atoms with Crippen molar-refractivity contribution in [2.75, 3.05) is 11.9 Å². The normalized spacial score (nSPS) is 26.2. The highest BCUT2D eigenvalue weighted by Gasteiger charge is 2.39. The summed E-state index contributed by atoms with van der Waals surface area (Å²) < 4.78 is 0. The van der Waals surface area contributed by atoms with Crippen molar-refractivity contribution in [1.29, 1.82) is 0 Å². The van der Waals surface area contributed by atoms with Crippen LogP contribution in [0, 0.1) is 11.3 Å². The molecule has 0 aromatic heterocycles. The van der Waals surface area contributed by atoms with E-state index in [9.17, 15) is 4.79 Å². The van der Waals surface area contributed by atoms with Crippen molar-refractivity contribution >= 4 is 11.6 Å². The number of hydrogen-bond acceptors (Lipinski definition) is 3. The van der Waals surface area contributed by atoms with Gasteiger partial charge in [0, 0.05) is 12.2 Å². The topological polar surface area (TPSA) is 75.4 Å². The minimum atomic E-state index is -0.415. The van der Waals surface area contributed by atoms with Crippen molar-refractivity contribution < 1.29 is 9.90 Å². The summed E-state index contributed by atoms with van der Waals surface area (Å²) in [6, 6.07) is 7.26. The van der Waals surface area contributed by atoms with Gasteiger partial charge in [0.25, 0.3) is 0 Å². The minimum absolute atomic E-state index is 0.0128. The van der Waals surface area contributed by atoms with E-state index >= 15 is 0 Å². The Labute approximate surface area is 120 Å². The summed E-state index contributed by atoms with van der Waals surface area (Å²) in [5.41, 5.74) is 7.07. The molecule has 0 atom stereocenters. The van der Waals surface area contributed by atoms with Gasteiger partial charge >= 0.3 is 0 Å². The summed E-state index contributed by atoms with van der Waals surface area (Å²) in [5.74, 6) is 0.718. The highest BCUT2D eigenvalue weighted by atomic mass is 16.3. The Morgan fingerprint density at radius 3 is 2.45 bits per heavy atom. The van der Waals surface area contributed by atoms with Crippen molar-refractivity contribution in [3.8, 4) is 0 Å². The minimum Gasteiger partial charge on any atom is -0.392 e. The van der Waals surface area contributed by atoms with Crippen LogP contribution in [0.4, 0.5) is 5.69 Å². The number of anilines is 1. The monoisotopic (exact) mass is 276 g/mol. The number of aliphatic hydroxyl groups excluding tert-OH is 1. The Kier molecular flexibility index (Phi) is 4.78. The molecule has 0 radical (unpaired) electrons. The lowest BCUT2D eigenvalue weighted by atomic mass is 9.70. The van der Waals surface area contributed by atoms with Crippen LogP contribution in [0.2, 0.25) is 0 Å². The van der Waals surface area contributed by atoms with E-state index in [1.165, 1.54) is 0 Å². The zero-order chi connectivity index (χ0) is 14.6. The van der Waals surface area contributed by atoms with E-state index < -0.39 is 5.41 Å². The van der Waals surface area contributed by atoms with Crippen molar-refractivity contribution in [1.82, 2.24) is 0 Å². The van der Waals surface area contributed by atoms with Crippen LogP contribution in [0.3, 0.4) is 0 Å². The standard InChI is InChI=1S/C16H24N2O2/c1-12-6-8-16(11-17,9-7-12)15(20)18-14-4-2-13(10-19)3-5-14/h2-5,12,19H,6-11,17H2,1H3,(H,18,20). The molecule has 1 fully saturated rings. The second-order valence-corrected chi connectivity index (χ2v) is 5.98. The average Bonchev–Trinajstić information content (AvgIpc) is 2.49. The van der Waals surface area contributed by atoms with Crippen LogP contribution in [-0.2, 0) is 11.4 Å². The first-order chi connectivity index (χ1) is 9.59. The molecule has 4 heteroatoms. The molecule has 1 aliphatic rings. The highest BCUT2D eigenvalue weighted by Crippen LogP contribution is 2.39. The molecule has 20 heavy (non-hydrogen) atoms. The first kappa shape index (κ1) is 15.0. The summed E-state index contributed by atoms with van der Waals surface area (Å²) >= 11 is 0. The molecule has 0 bridgehead atoms. The third kappa shape index (κ3) is 3.19. The lowest BCUT2D eigenvalue weighted by Crippen LogP contribution is -2.44. The van der Waals surface area contributed by atoms with Gasteiger partial charge in [0.2, 0.25) is 5.91 Å². The Hall–Kier alpha value is -1.39. The van der Waals surface area contributed by atoms with E-state index in [-0.39, 0.29) is 12.5 Å². The Bertz CT molecular complexity index is 448. The second-order valence-electron chi connectivity index (χ2n) is 5.98. The predicted molar refractivity (Wildman–Crippen MR) is 80.1 cm³/mol. The summed E-state index contributed by atoms with van der Waals surface area (Å²) in [5, 5.41) is 12.0. The molecule has 2 rings (SSSR count). The fourth-order valence-corrected chi connectivity index (χ4v) is 2.80. The van der Waals surface area contributed by atoms with Crippen LogP contribution in [0.1, 0.15) is 38.2 Å². The van der Waals surface area contributed by atoms with Gasteiger partial charge in [-0.05, 0) is 49.3 Å². The molecule has 0 spiro atoms. The molecule has 4 nitrogen and oxygen atoms in total. The number of carbonyl (C=O) groups excluding carboxylic acids is 1. The van der Waals surface area contributed by atoms with Gasteiger partial charge in [-0.25, -0.2) is 0 Å². The molecule has 1 aromatic rings. The van der Waals surface area contributed by atoms with Crippen LogP contribution < -0.4 is 11.1 Å². The van der Waals surface area contributed by atoms with Crippen LogP contribution in [0.15, 0.2) is 24.3 Å². The maximum absolute atomic E-state index is 12.5. The number of rotatable bonds is 4. The zero-order valence-corrected chi connectivity index (χ0v) is 12.1. The number of carbonyl (C=O) groups is 1. The third-order valence-electron chi connectivity index (χ3n) is 4.50. The number of hydrogen-bond donors (Lipinski definition) is 3.